The summed E-state index contributed by atoms with van der Waals surface area (Å²) < 4.78 is 19.4. The molecule has 3 aromatic rings. The number of aromatic nitrogens is 2. The maximum absolute atomic E-state index is 14.7. The molecule has 9 heteroatoms. The van der Waals surface area contributed by atoms with Gasteiger partial charge in [-0.15, -0.1) is 0 Å². The number of hydrogen-bond acceptors (Lipinski definition) is 7. The van der Waals surface area contributed by atoms with Crippen LogP contribution in [0.3, 0.4) is 0 Å². The van der Waals surface area contributed by atoms with E-state index in [1.165, 1.54) is 19.2 Å². The standard InChI is InChI=1S/C24H24FN5O3/c1-29-11-13-30(14-12-29)22(31)19-8-7-18(15-20(19)25)27-24-26-10-9-21(28-24)16-3-5-17(6-4-16)23(32)33-2/h3-10,15H,11-14H2,1-2H3,(H,26,27,28). The number of benzene rings is 2. The molecule has 170 valence electrons. The molecule has 2 heterocycles. The Balaban J connectivity index is 1.47. The first-order valence-corrected chi connectivity index (χ1v) is 10.5. The quantitative estimate of drug-likeness (QED) is 0.599. The van der Waals surface area contributed by atoms with Crippen LogP contribution in [0.4, 0.5) is 16.0 Å². The van der Waals surface area contributed by atoms with Crippen LogP contribution in [-0.2, 0) is 4.74 Å². The molecule has 1 aliphatic rings. The molecule has 0 unspecified atom stereocenters. The molecule has 1 saturated heterocycles. The fourth-order valence-electron chi connectivity index (χ4n) is 3.55. The van der Waals surface area contributed by atoms with E-state index >= 15 is 0 Å². The van der Waals surface area contributed by atoms with Gasteiger partial charge in [0.2, 0.25) is 5.95 Å². The number of nitrogens with zero attached hydrogens (tertiary/aromatic N) is 4. The van der Waals surface area contributed by atoms with Gasteiger partial charge in [0.25, 0.3) is 5.91 Å². The number of methoxy groups -OCH3 is 1. The number of carbonyl (C=O) groups is 2. The molecule has 0 spiro atoms. The van der Waals surface area contributed by atoms with Crippen LogP contribution < -0.4 is 5.32 Å². The third-order valence-electron chi connectivity index (χ3n) is 5.50. The monoisotopic (exact) mass is 449 g/mol. The van der Waals surface area contributed by atoms with Gasteiger partial charge in [-0.05, 0) is 43.4 Å². The first-order valence-electron chi connectivity index (χ1n) is 10.5. The summed E-state index contributed by atoms with van der Waals surface area (Å²) in [4.78, 5) is 36.7. The van der Waals surface area contributed by atoms with Gasteiger partial charge in [0, 0.05) is 43.6 Å². The predicted molar refractivity (Wildman–Crippen MR) is 122 cm³/mol. The van der Waals surface area contributed by atoms with Crippen molar-refractivity contribution in [3.63, 3.8) is 0 Å². The van der Waals surface area contributed by atoms with E-state index in [4.69, 9.17) is 4.74 Å². The van der Waals surface area contributed by atoms with Crippen LogP contribution in [0.15, 0.2) is 54.7 Å². The molecule has 1 fully saturated rings. The Labute approximate surface area is 191 Å². The van der Waals surface area contributed by atoms with E-state index in [-0.39, 0.29) is 17.4 Å². The number of anilines is 2. The fraction of sp³-hybridized carbons (Fsp3) is 0.250. The van der Waals surface area contributed by atoms with Gasteiger partial charge in [-0.2, -0.15) is 0 Å². The molecule has 0 radical (unpaired) electrons. The molecular formula is C24H24FN5O3. The number of piperazine rings is 1. The van der Waals surface area contributed by atoms with E-state index in [1.54, 1.807) is 47.5 Å². The summed E-state index contributed by atoms with van der Waals surface area (Å²) in [6, 6.07) is 12.9. The second-order valence-corrected chi connectivity index (χ2v) is 7.75. The molecule has 8 nitrogen and oxygen atoms in total. The molecule has 1 aromatic heterocycles. The average molecular weight is 449 g/mol. The number of halogens is 1. The minimum absolute atomic E-state index is 0.0467. The van der Waals surface area contributed by atoms with E-state index in [0.717, 1.165) is 18.7 Å². The van der Waals surface area contributed by atoms with Crippen LogP contribution >= 0.6 is 0 Å². The van der Waals surface area contributed by atoms with Crippen molar-refractivity contribution in [3.8, 4) is 11.3 Å². The number of rotatable bonds is 5. The van der Waals surface area contributed by atoms with Gasteiger partial charge in [-0.1, -0.05) is 12.1 Å². The Morgan fingerprint density at radius 1 is 1.03 bits per heavy atom. The fourth-order valence-corrected chi connectivity index (χ4v) is 3.55. The molecular weight excluding hydrogens is 425 g/mol. The Kier molecular flexibility index (Phi) is 6.60. The zero-order valence-electron chi connectivity index (χ0n) is 18.4. The average Bonchev–Trinajstić information content (AvgIpc) is 2.84. The molecule has 1 amide bonds. The number of esters is 1. The minimum Gasteiger partial charge on any atom is -0.465 e. The van der Waals surface area contributed by atoms with Gasteiger partial charge >= 0.3 is 5.97 Å². The van der Waals surface area contributed by atoms with Crippen LogP contribution in [-0.4, -0.2) is 72.0 Å². The van der Waals surface area contributed by atoms with Crippen molar-refractivity contribution >= 4 is 23.5 Å². The van der Waals surface area contributed by atoms with Crippen LogP contribution in [0, 0.1) is 5.82 Å². The maximum Gasteiger partial charge on any atom is 0.337 e. The van der Waals surface area contributed by atoms with E-state index in [2.05, 4.69) is 20.2 Å². The van der Waals surface area contributed by atoms with Gasteiger partial charge in [-0.3, -0.25) is 4.79 Å². The summed E-state index contributed by atoms with van der Waals surface area (Å²) in [5.41, 5.74) is 2.33. The van der Waals surface area contributed by atoms with E-state index in [0.29, 0.717) is 30.0 Å². The summed E-state index contributed by atoms with van der Waals surface area (Å²) in [5, 5.41) is 2.98. The molecule has 0 bridgehead atoms. The Bertz CT molecular complexity index is 1160. The lowest BCUT2D eigenvalue weighted by Gasteiger charge is -2.32. The molecule has 0 saturated carbocycles. The molecule has 1 N–H and O–H groups in total. The summed E-state index contributed by atoms with van der Waals surface area (Å²) in [6.45, 7) is 2.70. The topological polar surface area (TPSA) is 87.7 Å². The SMILES string of the molecule is COC(=O)c1ccc(-c2ccnc(Nc3ccc(C(=O)N4CCN(C)CC4)c(F)c3)n2)cc1. The van der Waals surface area contributed by atoms with Crippen molar-refractivity contribution in [2.75, 3.05) is 45.7 Å². The zero-order chi connectivity index (χ0) is 23.4. The van der Waals surface area contributed by atoms with Crippen molar-refractivity contribution in [2.24, 2.45) is 0 Å². The third-order valence-corrected chi connectivity index (χ3v) is 5.50. The smallest absolute Gasteiger partial charge is 0.337 e. The van der Waals surface area contributed by atoms with Crippen molar-refractivity contribution in [1.82, 2.24) is 19.8 Å². The highest BCUT2D eigenvalue weighted by atomic mass is 19.1. The number of hydrogen-bond donors (Lipinski definition) is 1. The molecule has 33 heavy (non-hydrogen) atoms. The molecule has 1 aliphatic heterocycles. The van der Waals surface area contributed by atoms with Crippen LogP contribution in [0.2, 0.25) is 0 Å². The summed E-state index contributed by atoms with van der Waals surface area (Å²) in [7, 11) is 3.33. The number of amides is 1. The Hall–Kier alpha value is -3.85. The minimum atomic E-state index is -0.599. The van der Waals surface area contributed by atoms with Gasteiger partial charge < -0.3 is 19.9 Å². The maximum atomic E-state index is 14.7. The Morgan fingerprint density at radius 3 is 2.42 bits per heavy atom. The lowest BCUT2D eigenvalue weighted by molar-refractivity contribution is 0.0599. The molecule has 0 aliphatic carbocycles. The summed E-state index contributed by atoms with van der Waals surface area (Å²) in [5.74, 6) is -1.04. The summed E-state index contributed by atoms with van der Waals surface area (Å²) >= 11 is 0. The second-order valence-electron chi connectivity index (χ2n) is 7.75. The number of ether oxygens (including phenoxy) is 1. The highest BCUT2D eigenvalue weighted by molar-refractivity contribution is 5.95. The van der Waals surface area contributed by atoms with Crippen molar-refractivity contribution in [1.29, 1.82) is 0 Å². The molecule has 0 atom stereocenters. The van der Waals surface area contributed by atoms with Crippen molar-refractivity contribution in [2.45, 2.75) is 0 Å². The highest BCUT2D eigenvalue weighted by Crippen LogP contribution is 2.22. The lowest BCUT2D eigenvalue weighted by Crippen LogP contribution is -2.47. The first kappa shape index (κ1) is 22.3. The second kappa shape index (κ2) is 9.74. The zero-order valence-corrected chi connectivity index (χ0v) is 18.4. The van der Waals surface area contributed by atoms with Crippen LogP contribution in [0.1, 0.15) is 20.7 Å². The van der Waals surface area contributed by atoms with Crippen molar-refractivity contribution in [3.05, 3.63) is 71.7 Å². The highest BCUT2D eigenvalue weighted by Gasteiger charge is 2.23. The normalized spacial score (nSPS) is 14.1. The van der Waals surface area contributed by atoms with E-state index in [9.17, 15) is 14.0 Å². The van der Waals surface area contributed by atoms with Crippen LogP contribution in [0.25, 0.3) is 11.3 Å². The molecule has 2 aromatic carbocycles. The van der Waals surface area contributed by atoms with Gasteiger partial charge in [-0.25, -0.2) is 19.2 Å². The van der Waals surface area contributed by atoms with E-state index in [1.807, 2.05) is 7.05 Å². The van der Waals surface area contributed by atoms with Gasteiger partial charge in [0.05, 0.1) is 23.9 Å². The largest absolute Gasteiger partial charge is 0.465 e. The van der Waals surface area contributed by atoms with Crippen molar-refractivity contribution < 1.29 is 18.7 Å². The third kappa shape index (κ3) is 5.15. The molecule has 4 rings (SSSR count). The van der Waals surface area contributed by atoms with Gasteiger partial charge in [0.1, 0.15) is 5.82 Å². The lowest BCUT2D eigenvalue weighted by atomic mass is 10.1. The predicted octanol–water partition coefficient (Wildman–Crippen LogP) is 3.20. The number of likely N-dealkylation sites (N-methyl/N-ethyl adjacent to an activating group) is 1. The van der Waals surface area contributed by atoms with E-state index < -0.39 is 11.8 Å². The summed E-state index contributed by atoms with van der Waals surface area (Å²) in [6.07, 6.45) is 1.58. The first-order chi connectivity index (χ1) is 15.9. The number of nitrogens with one attached hydrogen (secondary N) is 1. The Morgan fingerprint density at radius 2 is 1.76 bits per heavy atom. The number of carbonyl (C=O) groups excluding carboxylic acids is 2. The van der Waals surface area contributed by atoms with Gasteiger partial charge in [0.15, 0.2) is 0 Å². The van der Waals surface area contributed by atoms with Crippen LogP contribution in [0.5, 0.6) is 0 Å².